The number of thiazole rings is 1. The van der Waals surface area contributed by atoms with E-state index in [9.17, 15) is 9.59 Å². The highest BCUT2D eigenvalue weighted by atomic mass is 32.1. The first kappa shape index (κ1) is 18.2. The number of carbonyl (C=O) groups is 2. The number of aromatic amines is 1. The molecule has 0 aromatic carbocycles. The molecule has 0 spiro atoms. The summed E-state index contributed by atoms with van der Waals surface area (Å²) >= 11 is 3.05. The number of aromatic nitrogens is 5. The van der Waals surface area contributed by atoms with E-state index in [0.717, 1.165) is 9.88 Å². The van der Waals surface area contributed by atoms with Crippen molar-refractivity contribution in [1.29, 1.82) is 0 Å². The summed E-state index contributed by atoms with van der Waals surface area (Å²) in [5.41, 5.74) is 1.54. The van der Waals surface area contributed by atoms with Crippen LogP contribution in [0.5, 0.6) is 0 Å². The SMILES string of the molecule is CC(OC(=O)Cc1csc(-c2cccs2)n1)C(=O)Nc1ncnc2nc[nH]c12. The van der Waals surface area contributed by atoms with Crippen molar-refractivity contribution in [3.05, 3.63) is 41.2 Å². The molecule has 142 valence electrons. The van der Waals surface area contributed by atoms with E-state index < -0.39 is 18.0 Å². The molecule has 2 N–H and O–H groups in total. The minimum Gasteiger partial charge on any atom is -0.452 e. The Hall–Kier alpha value is -3.18. The van der Waals surface area contributed by atoms with E-state index in [1.54, 1.807) is 11.3 Å². The number of nitrogens with one attached hydrogen (secondary N) is 2. The van der Waals surface area contributed by atoms with E-state index in [1.165, 1.54) is 30.9 Å². The smallest absolute Gasteiger partial charge is 0.312 e. The van der Waals surface area contributed by atoms with Crippen LogP contribution in [0.25, 0.3) is 21.0 Å². The summed E-state index contributed by atoms with van der Waals surface area (Å²) < 4.78 is 5.23. The molecule has 1 atom stereocenters. The number of imidazole rings is 1. The molecule has 11 heteroatoms. The highest BCUT2D eigenvalue weighted by Crippen LogP contribution is 2.28. The van der Waals surface area contributed by atoms with Gasteiger partial charge in [0.05, 0.1) is 23.3 Å². The minimum absolute atomic E-state index is 0.00219. The van der Waals surface area contributed by atoms with Crippen LogP contribution in [-0.2, 0) is 20.7 Å². The third-order valence-corrected chi connectivity index (χ3v) is 5.68. The van der Waals surface area contributed by atoms with Crippen LogP contribution < -0.4 is 5.32 Å². The van der Waals surface area contributed by atoms with E-state index >= 15 is 0 Å². The van der Waals surface area contributed by atoms with Gasteiger partial charge >= 0.3 is 5.97 Å². The highest BCUT2D eigenvalue weighted by molar-refractivity contribution is 7.20. The maximum atomic E-state index is 12.3. The van der Waals surface area contributed by atoms with Gasteiger partial charge in [0, 0.05) is 5.38 Å². The van der Waals surface area contributed by atoms with Crippen LogP contribution in [0.3, 0.4) is 0 Å². The average molecular weight is 414 g/mol. The lowest BCUT2D eigenvalue weighted by molar-refractivity contribution is -0.152. The summed E-state index contributed by atoms with van der Waals surface area (Å²) in [5.74, 6) is -0.754. The van der Waals surface area contributed by atoms with Gasteiger partial charge < -0.3 is 15.0 Å². The van der Waals surface area contributed by atoms with Crippen molar-refractivity contribution < 1.29 is 14.3 Å². The summed E-state index contributed by atoms with van der Waals surface area (Å²) in [5, 5.41) is 7.26. The Morgan fingerprint density at radius 1 is 1.29 bits per heavy atom. The lowest BCUT2D eigenvalue weighted by Crippen LogP contribution is -2.31. The van der Waals surface area contributed by atoms with Gasteiger partial charge in [-0.05, 0) is 18.4 Å². The van der Waals surface area contributed by atoms with Gasteiger partial charge in [0.25, 0.3) is 5.91 Å². The van der Waals surface area contributed by atoms with Crippen LogP contribution in [0, 0.1) is 0 Å². The van der Waals surface area contributed by atoms with Crippen molar-refractivity contribution in [3.63, 3.8) is 0 Å². The summed E-state index contributed by atoms with van der Waals surface area (Å²) in [7, 11) is 0. The van der Waals surface area contributed by atoms with Gasteiger partial charge in [-0.3, -0.25) is 9.59 Å². The normalized spacial score (nSPS) is 12.0. The molecule has 0 saturated carbocycles. The summed E-state index contributed by atoms with van der Waals surface area (Å²) in [6.07, 6.45) is 1.76. The third-order valence-electron chi connectivity index (χ3n) is 3.75. The molecule has 0 radical (unpaired) electrons. The van der Waals surface area contributed by atoms with Crippen molar-refractivity contribution in [2.24, 2.45) is 0 Å². The molecule has 4 aromatic rings. The molecule has 0 aliphatic carbocycles. The zero-order valence-corrected chi connectivity index (χ0v) is 16.2. The Kier molecular flexibility index (Phi) is 5.08. The highest BCUT2D eigenvalue weighted by Gasteiger charge is 2.20. The number of fused-ring (bicyclic) bond motifs is 1. The van der Waals surface area contributed by atoms with Crippen molar-refractivity contribution in [2.45, 2.75) is 19.4 Å². The Morgan fingerprint density at radius 3 is 3.00 bits per heavy atom. The van der Waals surface area contributed by atoms with E-state index in [1.807, 2.05) is 22.9 Å². The number of amides is 1. The lowest BCUT2D eigenvalue weighted by Gasteiger charge is -2.12. The molecular weight excluding hydrogens is 400 g/mol. The maximum Gasteiger partial charge on any atom is 0.312 e. The number of esters is 1. The van der Waals surface area contributed by atoms with Gasteiger partial charge in [-0.15, -0.1) is 22.7 Å². The maximum absolute atomic E-state index is 12.3. The molecule has 28 heavy (non-hydrogen) atoms. The third kappa shape index (κ3) is 3.89. The van der Waals surface area contributed by atoms with Gasteiger partial charge in [0.15, 0.2) is 17.6 Å². The largest absolute Gasteiger partial charge is 0.452 e. The van der Waals surface area contributed by atoms with Gasteiger partial charge in [-0.1, -0.05) is 6.07 Å². The van der Waals surface area contributed by atoms with Gasteiger partial charge in [-0.2, -0.15) is 0 Å². The fraction of sp³-hybridized carbons (Fsp3) is 0.176. The molecule has 0 bridgehead atoms. The van der Waals surface area contributed by atoms with Crippen molar-refractivity contribution in [1.82, 2.24) is 24.9 Å². The van der Waals surface area contributed by atoms with Gasteiger partial charge in [0.1, 0.15) is 16.9 Å². The fourth-order valence-corrected chi connectivity index (χ4v) is 4.05. The van der Waals surface area contributed by atoms with E-state index in [0.29, 0.717) is 16.9 Å². The van der Waals surface area contributed by atoms with Crippen LogP contribution in [-0.4, -0.2) is 42.9 Å². The van der Waals surface area contributed by atoms with Crippen LogP contribution in [0.4, 0.5) is 5.82 Å². The number of ether oxygens (including phenoxy) is 1. The molecule has 0 aliphatic rings. The molecule has 1 unspecified atom stereocenters. The summed E-state index contributed by atoms with van der Waals surface area (Å²) in [6.45, 7) is 1.50. The first-order valence-corrected chi connectivity index (χ1v) is 9.99. The molecule has 0 aliphatic heterocycles. The van der Waals surface area contributed by atoms with E-state index in [4.69, 9.17) is 4.74 Å². The van der Waals surface area contributed by atoms with Crippen LogP contribution in [0.1, 0.15) is 12.6 Å². The molecular formula is C17H14N6O3S2. The molecule has 0 fully saturated rings. The number of carbonyl (C=O) groups excluding carboxylic acids is 2. The summed E-state index contributed by atoms with van der Waals surface area (Å²) in [6, 6.07) is 3.92. The number of thiophene rings is 1. The molecule has 4 rings (SSSR count). The Labute approximate surface area is 166 Å². The van der Waals surface area contributed by atoms with Crippen LogP contribution in [0.2, 0.25) is 0 Å². The molecule has 4 heterocycles. The Balaban J connectivity index is 1.35. The van der Waals surface area contributed by atoms with Crippen molar-refractivity contribution >= 4 is 51.5 Å². The van der Waals surface area contributed by atoms with Crippen molar-refractivity contribution in [2.75, 3.05) is 5.32 Å². The lowest BCUT2D eigenvalue weighted by atomic mass is 10.3. The number of anilines is 1. The van der Waals surface area contributed by atoms with Gasteiger partial charge in [-0.25, -0.2) is 19.9 Å². The minimum atomic E-state index is -0.990. The number of hydrogen-bond donors (Lipinski definition) is 2. The second-order valence-electron chi connectivity index (χ2n) is 5.74. The molecule has 4 aromatic heterocycles. The fourth-order valence-electron chi connectivity index (χ4n) is 2.42. The number of rotatable bonds is 6. The summed E-state index contributed by atoms with van der Waals surface area (Å²) in [4.78, 5) is 44.8. The number of nitrogens with zero attached hydrogens (tertiary/aromatic N) is 4. The second-order valence-corrected chi connectivity index (χ2v) is 7.55. The first-order valence-electron chi connectivity index (χ1n) is 8.23. The predicted molar refractivity (Wildman–Crippen MR) is 105 cm³/mol. The molecule has 9 nitrogen and oxygen atoms in total. The Morgan fingerprint density at radius 2 is 2.18 bits per heavy atom. The standard InChI is InChI=1S/C17H14N6O3S2/c1-9(16(25)23-15-13-14(19-7-18-13)20-8-21-15)26-12(24)5-10-6-28-17(22-10)11-3-2-4-27-11/h2-4,6-9H,5H2,1H3,(H2,18,19,20,21,23,25). The monoisotopic (exact) mass is 414 g/mol. The molecule has 0 saturated heterocycles. The Bertz CT molecular complexity index is 1120. The van der Waals surface area contributed by atoms with Gasteiger partial charge in [0.2, 0.25) is 0 Å². The first-order chi connectivity index (χ1) is 13.6. The zero-order valence-electron chi connectivity index (χ0n) is 14.6. The van der Waals surface area contributed by atoms with E-state index in [-0.39, 0.29) is 12.2 Å². The number of H-pyrrole nitrogens is 1. The zero-order chi connectivity index (χ0) is 19.5. The van der Waals surface area contributed by atoms with E-state index in [2.05, 4.69) is 30.2 Å². The quantitative estimate of drug-likeness (QED) is 0.465. The second kappa shape index (κ2) is 7.82. The van der Waals surface area contributed by atoms with Crippen LogP contribution in [0.15, 0.2) is 35.5 Å². The average Bonchev–Trinajstić information content (AvgIpc) is 3.42. The topological polar surface area (TPSA) is 123 Å². The van der Waals surface area contributed by atoms with Crippen LogP contribution >= 0.6 is 22.7 Å². The predicted octanol–water partition coefficient (Wildman–Crippen LogP) is 2.65. The molecule has 1 amide bonds. The number of hydrogen-bond acceptors (Lipinski definition) is 9. The van der Waals surface area contributed by atoms with Crippen molar-refractivity contribution in [3.8, 4) is 9.88 Å².